The smallest absolute Gasteiger partial charge is 0.0105 e. The maximum atomic E-state index is 3.56. The van der Waals surface area contributed by atoms with Crippen molar-refractivity contribution in [2.75, 3.05) is 26.2 Å². The predicted molar refractivity (Wildman–Crippen MR) is 83.2 cm³/mol. The third-order valence-corrected chi connectivity index (χ3v) is 3.89. The van der Waals surface area contributed by atoms with E-state index in [9.17, 15) is 0 Å². The van der Waals surface area contributed by atoms with E-state index in [2.05, 4.69) is 44.8 Å². The molecule has 0 aromatic heterocycles. The summed E-state index contributed by atoms with van der Waals surface area (Å²) in [6, 6.07) is 0.701. The van der Waals surface area contributed by atoms with Crippen molar-refractivity contribution in [2.45, 2.75) is 72.8 Å². The van der Waals surface area contributed by atoms with E-state index in [1.807, 2.05) is 0 Å². The zero-order valence-electron chi connectivity index (χ0n) is 13.5. The zero-order chi connectivity index (χ0) is 13.8. The van der Waals surface area contributed by atoms with Crippen LogP contribution in [0.1, 0.15) is 66.7 Å². The topological polar surface area (TPSA) is 15.3 Å². The third kappa shape index (κ3) is 8.10. The van der Waals surface area contributed by atoms with Gasteiger partial charge in [-0.1, -0.05) is 40.5 Å². The maximum absolute atomic E-state index is 3.56. The van der Waals surface area contributed by atoms with Crippen LogP contribution >= 0.6 is 0 Å². The number of rotatable bonds is 12. The van der Waals surface area contributed by atoms with Crippen LogP contribution < -0.4 is 5.32 Å². The fraction of sp³-hybridized carbons (Fsp3) is 1.00. The molecule has 2 heteroatoms. The Morgan fingerprint density at radius 2 is 1.44 bits per heavy atom. The molecular formula is C16H36N2. The number of nitrogens with one attached hydrogen (secondary N) is 1. The van der Waals surface area contributed by atoms with Gasteiger partial charge in [0.1, 0.15) is 0 Å². The number of unbranched alkanes of at least 4 members (excludes halogenated alkanes) is 2. The first kappa shape index (κ1) is 17.9. The zero-order valence-corrected chi connectivity index (χ0v) is 13.5. The lowest BCUT2D eigenvalue weighted by atomic mass is 10.0. The highest BCUT2D eigenvalue weighted by Gasteiger charge is 2.18. The van der Waals surface area contributed by atoms with Gasteiger partial charge in [0.2, 0.25) is 0 Å². The molecule has 18 heavy (non-hydrogen) atoms. The van der Waals surface area contributed by atoms with E-state index < -0.39 is 0 Å². The molecule has 2 nitrogen and oxygen atoms in total. The Hall–Kier alpha value is -0.0800. The standard InChI is InChI=1S/C16H36N2/c1-6-9-12-18(13-10-7-2)16(5)15(4)14-17-11-8-3/h15-17H,6-14H2,1-5H3. The molecule has 0 saturated heterocycles. The maximum Gasteiger partial charge on any atom is 0.0105 e. The fourth-order valence-electron chi connectivity index (χ4n) is 2.28. The predicted octanol–water partition coefficient (Wildman–Crippen LogP) is 3.91. The molecule has 0 saturated carbocycles. The Bertz CT molecular complexity index is 162. The van der Waals surface area contributed by atoms with Crippen LogP contribution in [0.5, 0.6) is 0 Å². The first-order valence-corrected chi connectivity index (χ1v) is 8.12. The van der Waals surface area contributed by atoms with Crippen molar-refractivity contribution < 1.29 is 0 Å². The van der Waals surface area contributed by atoms with E-state index in [0.29, 0.717) is 6.04 Å². The molecule has 0 amide bonds. The summed E-state index contributed by atoms with van der Waals surface area (Å²) in [5.74, 6) is 0.741. The summed E-state index contributed by atoms with van der Waals surface area (Å²) in [6.45, 7) is 16.5. The molecule has 0 aliphatic heterocycles. The second-order valence-electron chi connectivity index (χ2n) is 5.67. The lowest BCUT2D eigenvalue weighted by molar-refractivity contribution is 0.155. The highest BCUT2D eigenvalue weighted by Crippen LogP contribution is 2.12. The summed E-state index contributed by atoms with van der Waals surface area (Å²) in [7, 11) is 0. The van der Waals surface area contributed by atoms with Crippen LogP contribution in [0, 0.1) is 5.92 Å². The minimum absolute atomic E-state index is 0.701. The van der Waals surface area contributed by atoms with Crippen molar-refractivity contribution in [3.63, 3.8) is 0 Å². The summed E-state index contributed by atoms with van der Waals surface area (Å²) < 4.78 is 0. The summed E-state index contributed by atoms with van der Waals surface area (Å²) in [5, 5.41) is 3.56. The largest absolute Gasteiger partial charge is 0.316 e. The number of hydrogen-bond acceptors (Lipinski definition) is 2. The quantitative estimate of drug-likeness (QED) is 0.533. The Kier molecular flexibility index (Phi) is 11.9. The van der Waals surface area contributed by atoms with Crippen LogP contribution in [0.15, 0.2) is 0 Å². The van der Waals surface area contributed by atoms with E-state index in [0.717, 1.165) is 19.0 Å². The van der Waals surface area contributed by atoms with Crippen molar-refractivity contribution in [3.8, 4) is 0 Å². The van der Waals surface area contributed by atoms with E-state index >= 15 is 0 Å². The van der Waals surface area contributed by atoms with Gasteiger partial charge < -0.3 is 10.2 Å². The van der Waals surface area contributed by atoms with Gasteiger partial charge in [0.05, 0.1) is 0 Å². The molecular weight excluding hydrogens is 220 g/mol. The SMILES string of the molecule is CCCCN(CCCC)C(C)C(C)CNCCC. The molecule has 0 heterocycles. The summed E-state index contributed by atoms with van der Waals surface area (Å²) in [5.41, 5.74) is 0. The molecule has 0 rings (SSSR count). The summed E-state index contributed by atoms with van der Waals surface area (Å²) >= 11 is 0. The molecule has 0 aromatic carbocycles. The van der Waals surface area contributed by atoms with E-state index in [1.165, 1.54) is 45.2 Å². The molecule has 110 valence electrons. The van der Waals surface area contributed by atoms with Crippen molar-refractivity contribution >= 4 is 0 Å². The molecule has 2 unspecified atom stereocenters. The number of nitrogens with zero attached hydrogens (tertiary/aromatic N) is 1. The molecule has 1 N–H and O–H groups in total. The van der Waals surface area contributed by atoms with E-state index in [-0.39, 0.29) is 0 Å². The Morgan fingerprint density at radius 3 is 1.89 bits per heavy atom. The van der Waals surface area contributed by atoms with Crippen molar-refractivity contribution in [3.05, 3.63) is 0 Å². The van der Waals surface area contributed by atoms with Gasteiger partial charge in [0.15, 0.2) is 0 Å². The van der Waals surface area contributed by atoms with Crippen molar-refractivity contribution in [1.29, 1.82) is 0 Å². The molecule has 0 aliphatic carbocycles. The second kappa shape index (κ2) is 12.0. The molecule has 0 bridgehead atoms. The van der Waals surface area contributed by atoms with Gasteiger partial charge in [0.25, 0.3) is 0 Å². The van der Waals surface area contributed by atoms with Gasteiger partial charge >= 0.3 is 0 Å². The molecule has 2 atom stereocenters. The van der Waals surface area contributed by atoms with Crippen molar-refractivity contribution in [1.82, 2.24) is 10.2 Å². The summed E-state index contributed by atoms with van der Waals surface area (Å²) in [6.07, 6.45) is 6.51. The highest BCUT2D eigenvalue weighted by atomic mass is 15.2. The molecule has 0 fully saturated rings. The lowest BCUT2D eigenvalue weighted by Gasteiger charge is -2.33. The highest BCUT2D eigenvalue weighted by molar-refractivity contribution is 4.74. The van der Waals surface area contributed by atoms with Gasteiger partial charge in [-0.05, 0) is 58.3 Å². The molecule has 0 spiro atoms. The van der Waals surface area contributed by atoms with Gasteiger partial charge in [-0.3, -0.25) is 0 Å². The van der Waals surface area contributed by atoms with Gasteiger partial charge in [0, 0.05) is 6.04 Å². The lowest BCUT2D eigenvalue weighted by Crippen LogP contribution is -2.42. The minimum atomic E-state index is 0.701. The Labute approximate surface area is 116 Å². The van der Waals surface area contributed by atoms with E-state index in [4.69, 9.17) is 0 Å². The van der Waals surface area contributed by atoms with Crippen LogP contribution in [0.25, 0.3) is 0 Å². The minimum Gasteiger partial charge on any atom is -0.316 e. The molecule has 0 aliphatic rings. The average molecular weight is 256 g/mol. The van der Waals surface area contributed by atoms with Crippen LogP contribution in [-0.4, -0.2) is 37.1 Å². The molecule has 0 aromatic rings. The van der Waals surface area contributed by atoms with Gasteiger partial charge in [-0.25, -0.2) is 0 Å². The Balaban J connectivity index is 4.10. The fourth-order valence-corrected chi connectivity index (χ4v) is 2.28. The van der Waals surface area contributed by atoms with Gasteiger partial charge in [-0.15, -0.1) is 0 Å². The van der Waals surface area contributed by atoms with Crippen LogP contribution in [0.4, 0.5) is 0 Å². The van der Waals surface area contributed by atoms with Crippen LogP contribution in [0.2, 0.25) is 0 Å². The first-order chi connectivity index (χ1) is 8.67. The van der Waals surface area contributed by atoms with E-state index in [1.54, 1.807) is 0 Å². The second-order valence-corrected chi connectivity index (χ2v) is 5.67. The third-order valence-electron chi connectivity index (χ3n) is 3.89. The monoisotopic (exact) mass is 256 g/mol. The average Bonchev–Trinajstić information content (AvgIpc) is 2.38. The molecule has 0 radical (unpaired) electrons. The van der Waals surface area contributed by atoms with Crippen LogP contribution in [0.3, 0.4) is 0 Å². The number of hydrogen-bond donors (Lipinski definition) is 1. The van der Waals surface area contributed by atoms with Gasteiger partial charge in [-0.2, -0.15) is 0 Å². The van der Waals surface area contributed by atoms with Crippen molar-refractivity contribution in [2.24, 2.45) is 5.92 Å². The summed E-state index contributed by atoms with van der Waals surface area (Å²) in [4.78, 5) is 2.70. The first-order valence-electron chi connectivity index (χ1n) is 8.12. The normalized spacial score (nSPS) is 15.0. The van der Waals surface area contributed by atoms with Crippen LogP contribution in [-0.2, 0) is 0 Å². The Morgan fingerprint density at radius 1 is 0.889 bits per heavy atom.